The first-order valence-electron chi connectivity index (χ1n) is 7.64. The van der Waals surface area contributed by atoms with Gasteiger partial charge in [0.2, 0.25) is 0 Å². The van der Waals surface area contributed by atoms with Gasteiger partial charge < -0.3 is 14.6 Å². The topological polar surface area (TPSA) is 41.1 Å². The van der Waals surface area contributed by atoms with Crippen LogP contribution in [0.4, 0.5) is 0 Å². The van der Waals surface area contributed by atoms with Gasteiger partial charge in [-0.15, -0.1) is 0 Å². The Morgan fingerprint density at radius 1 is 1.19 bits per heavy atom. The molecule has 2 rings (SSSR count). The van der Waals surface area contributed by atoms with E-state index >= 15 is 0 Å². The van der Waals surface area contributed by atoms with Gasteiger partial charge in [-0.05, 0) is 37.1 Å². The Labute approximate surface area is 127 Å². The lowest BCUT2D eigenvalue weighted by atomic mass is 10.1. The van der Waals surface area contributed by atoms with Gasteiger partial charge in [-0.3, -0.25) is 0 Å². The summed E-state index contributed by atoms with van der Waals surface area (Å²) in [4.78, 5) is 9.81. The first kappa shape index (κ1) is 15.6. The Bertz CT molecular complexity index is 511. The van der Waals surface area contributed by atoms with Crippen molar-refractivity contribution in [2.45, 2.75) is 26.2 Å². The molecular weight excluding hydrogens is 262 g/mol. The molecule has 0 fully saturated rings. The Kier molecular flexibility index (Phi) is 6.28. The van der Waals surface area contributed by atoms with E-state index in [0.29, 0.717) is 0 Å². The van der Waals surface area contributed by atoms with Gasteiger partial charge in [0.15, 0.2) is 0 Å². The summed E-state index contributed by atoms with van der Waals surface area (Å²) in [7, 11) is 1.71. The fourth-order valence-corrected chi connectivity index (χ4v) is 2.47. The number of ether oxygens (including phenoxy) is 1. The average molecular weight is 287 g/mol. The third-order valence-corrected chi connectivity index (χ3v) is 3.63. The monoisotopic (exact) mass is 287 g/mol. The van der Waals surface area contributed by atoms with Crippen molar-refractivity contribution in [3.05, 3.63) is 48.0 Å². The third-order valence-electron chi connectivity index (χ3n) is 3.63. The smallest absolute Gasteiger partial charge is 0.119 e. The molecule has 0 radical (unpaired) electrons. The minimum absolute atomic E-state index is 0.936. The van der Waals surface area contributed by atoms with Crippen molar-refractivity contribution in [2.24, 2.45) is 0 Å². The highest BCUT2D eigenvalue weighted by molar-refractivity contribution is 5.28. The van der Waals surface area contributed by atoms with Gasteiger partial charge in [0, 0.05) is 25.7 Å². The lowest BCUT2D eigenvalue weighted by Crippen LogP contribution is -2.29. The summed E-state index contributed by atoms with van der Waals surface area (Å²) in [6.07, 6.45) is 6.96. The number of nitrogens with one attached hydrogen (secondary N) is 1. The average Bonchev–Trinajstić information content (AvgIpc) is 3.03. The summed E-state index contributed by atoms with van der Waals surface area (Å²) < 4.78 is 5.28. The molecule has 114 valence electrons. The molecule has 0 aliphatic rings. The normalized spacial score (nSPS) is 11.0. The molecule has 0 bridgehead atoms. The van der Waals surface area contributed by atoms with Crippen LogP contribution in [-0.2, 0) is 12.8 Å². The van der Waals surface area contributed by atoms with E-state index in [0.717, 1.165) is 43.9 Å². The van der Waals surface area contributed by atoms with Crippen molar-refractivity contribution in [1.82, 2.24) is 14.9 Å². The number of benzene rings is 1. The lowest BCUT2D eigenvalue weighted by Gasteiger charge is -2.21. The standard InChI is InChI=1S/C17H25N3O/c1-3-9-20(11-8-16-13-18-14-19-16)10-7-15-5-4-6-17(12-15)21-2/h4-6,12-14H,3,7-11H2,1-2H3,(H,18,19). The molecule has 1 N–H and O–H groups in total. The summed E-state index contributed by atoms with van der Waals surface area (Å²) in [5, 5.41) is 0. The quantitative estimate of drug-likeness (QED) is 0.771. The van der Waals surface area contributed by atoms with E-state index in [9.17, 15) is 0 Å². The van der Waals surface area contributed by atoms with Crippen LogP contribution >= 0.6 is 0 Å². The minimum Gasteiger partial charge on any atom is -0.497 e. The molecule has 1 aromatic carbocycles. The lowest BCUT2D eigenvalue weighted by molar-refractivity contribution is 0.280. The number of methoxy groups -OCH3 is 1. The van der Waals surface area contributed by atoms with Gasteiger partial charge in [-0.1, -0.05) is 19.1 Å². The van der Waals surface area contributed by atoms with Crippen LogP contribution in [0.5, 0.6) is 5.75 Å². The fourth-order valence-electron chi connectivity index (χ4n) is 2.47. The Morgan fingerprint density at radius 3 is 2.76 bits per heavy atom. The highest BCUT2D eigenvalue weighted by atomic mass is 16.5. The largest absolute Gasteiger partial charge is 0.497 e. The maximum absolute atomic E-state index is 5.28. The number of aromatic amines is 1. The van der Waals surface area contributed by atoms with Crippen LogP contribution in [-0.4, -0.2) is 41.6 Å². The highest BCUT2D eigenvalue weighted by Gasteiger charge is 2.06. The first-order valence-corrected chi connectivity index (χ1v) is 7.64. The van der Waals surface area contributed by atoms with Crippen LogP contribution in [0.3, 0.4) is 0 Å². The Hall–Kier alpha value is -1.81. The van der Waals surface area contributed by atoms with Crippen molar-refractivity contribution < 1.29 is 4.74 Å². The summed E-state index contributed by atoms with van der Waals surface area (Å²) in [5.41, 5.74) is 2.47. The predicted molar refractivity (Wildman–Crippen MR) is 85.7 cm³/mol. The summed E-state index contributed by atoms with van der Waals surface area (Å²) in [6.45, 7) is 5.50. The molecule has 21 heavy (non-hydrogen) atoms. The minimum atomic E-state index is 0.936. The molecule has 0 unspecified atom stereocenters. The first-order chi connectivity index (χ1) is 10.3. The summed E-state index contributed by atoms with van der Waals surface area (Å²) >= 11 is 0. The van der Waals surface area contributed by atoms with E-state index < -0.39 is 0 Å². The zero-order valence-corrected chi connectivity index (χ0v) is 13.0. The molecule has 1 heterocycles. The van der Waals surface area contributed by atoms with E-state index in [1.54, 1.807) is 13.4 Å². The Balaban J connectivity index is 1.83. The van der Waals surface area contributed by atoms with Crippen LogP contribution in [0.1, 0.15) is 24.6 Å². The third kappa shape index (κ3) is 5.23. The Morgan fingerprint density at radius 2 is 2.05 bits per heavy atom. The maximum atomic E-state index is 5.28. The second kappa shape index (κ2) is 8.47. The number of H-pyrrole nitrogens is 1. The molecule has 0 aliphatic carbocycles. The van der Waals surface area contributed by atoms with Gasteiger partial charge in [-0.2, -0.15) is 0 Å². The molecule has 0 aliphatic heterocycles. The summed E-state index contributed by atoms with van der Waals surface area (Å²) in [5.74, 6) is 0.936. The van der Waals surface area contributed by atoms with Gasteiger partial charge in [0.25, 0.3) is 0 Å². The molecule has 0 amide bonds. The van der Waals surface area contributed by atoms with Gasteiger partial charge >= 0.3 is 0 Å². The summed E-state index contributed by atoms with van der Waals surface area (Å²) in [6, 6.07) is 8.34. The van der Waals surface area contributed by atoms with Crippen molar-refractivity contribution in [2.75, 3.05) is 26.7 Å². The fraction of sp³-hybridized carbons (Fsp3) is 0.471. The highest BCUT2D eigenvalue weighted by Crippen LogP contribution is 2.13. The molecular formula is C17H25N3O. The maximum Gasteiger partial charge on any atom is 0.119 e. The van der Waals surface area contributed by atoms with Crippen LogP contribution in [0.2, 0.25) is 0 Å². The van der Waals surface area contributed by atoms with E-state index in [-0.39, 0.29) is 0 Å². The SMILES string of the molecule is CCCN(CCc1cccc(OC)c1)CCc1c[nH]cn1. The molecule has 2 aromatic rings. The molecule has 4 heteroatoms. The van der Waals surface area contributed by atoms with Gasteiger partial charge in [-0.25, -0.2) is 4.98 Å². The van der Waals surface area contributed by atoms with Crippen molar-refractivity contribution >= 4 is 0 Å². The zero-order chi connectivity index (χ0) is 14.9. The number of rotatable bonds is 9. The van der Waals surface area contributed by atoms with E-state index in [2.05, 4.69) is 40.0 Å². The van der Waals surface area contributed by atoms with Gasteiger partial charge in [0.05, 0.1) is 19.1 Å². The van der Waals surface area contributed by atoms with Crippen molar-refractivity contribution in [1.29, 1.82) is 0 Å². The second-order valence-corrected chi connectivity index (χ2v) is 5.25. The zero-order valence-electron chi connectivity index (χ0n) is 13.0. The number of nitrogens with zero attached hydrogens (tertiary/aromatic N) is 2. The van der Waals surface area contributed by atoms with Crippen LogP contribution in [0, 0.1) is 0 Å². The predicted octanol–water partition coefficient (Wildman–Crippen LogP) is 2.92. The van der Waals surface area contributed by atoms with E-state index in [1.165, 1.54) is 12.0 Å². The van der Waals surface area contributed by atoms with Crippen molar-refractivity contribution in [3.8, 4) is 5.75 Å². The number of hydrogen-bond donors (Lipinski definition) is 1. The molecule has 0 saturated heterocycles. The molecule has 1 aromatic heterocycles. The van der Waals surface area contributed by atoms with Crippen molar-refractivity contribution in [3.63, 3.8) is 0 Å². The molecule has 4 nitrogen and oxygen atoms in total. The number of hydrogen-bond acceptors (Lipinski definition) is 3. The van der Waals surface area contributed by atoms with Crippen LogP contribution in [0.25, 0.3) is 0 Å². The molecule has 0 spiro atoms. The van der Waals surface area contributed by atoms with E-state index in [4.69, 9.17) is 4.74 Å². The van der Waals surface area contributed by atoms with E-state index in [1.807, 2.05) is 12.3 Å². The van der Waals surface area contributed by atoms with Gasteiger partial charge in [0.1, 0.15) is 5.75 Å². The molecule has 0 saturated carbocycles. The number of imidazole rings is 1. The van der Waals surface area contributed by atoms with Crippen LogP contribution < -0.4 is 4.74 Å². The number of aromatic nitrogens is 2. The molecule has 0 atom stereocenters. The van der Waals surface area contributed by atoms with Crippen LogP contribution in [0.15, 0.2) is 36.8 Å². The second-order valence-electron chi connectivity index (χ2n) is 5.25.